The predicted molar refractivity (Wildman–Crippen MR) is 133 cm³/mol. The number of aliphatic hydroxyl groups is 1. The van der Waals surface area contributed by atoms with Crippen LogP contribution in [-0.2, 0) is 17.8 Å². The third-order valence-corrected chi connectivity index (χ3v) is 5.13. The lowest BCUT2D eigenvalue weighted by molar-refractivity contribution is 0.199. The van der Waals surface area contributed by atoms with Crippen LogP contribution in [0, 0.1) is 5.82 Å². The molecule has 10 nitrogen and oxygen atoms in total. The van der Waals surface area contributed by atoms with E-state index in [9.17, 15) is 9.50 Å². The van der Waals surface area contributed by atoms with Crippen LogP contribution >= 0.6 is 0 Å². The van der Waals surface area contributed by atoms with E-state index in [4.69, 9.17) is 20.9 Å². The van der Waals surface area contributed by atoms with Crippen LogP contribution in [0.4, 0.5) is 21.8 Å². The molecule has 1 aromatic carbocycles. The number of hydrogen-bond donors (Lipinski definition) is 4. The van der Waals surface area contributed by atoms with Crippen LogP contribution in [0.15, 0.2) is 17.1 Å². The lowest BCUT2D eigenvalue weighted by Crippen LogP contribution is -2.30. The van der Waals surface area contributed by atoms with Gasteiger partial charge >= 0.3 is 0 Å². The van der Waals surface area contributed by atoms with E-state index < -0.39 is 5.82 Å². The van der Waals surface area contributed by atoms with E-state index in [2.05, 4.69) is 27.2 Å². The fourth-order valence-corrected chi connectivity index (χ4v) is 3.36. The minimum atomic E-state index is -0.412. The normalized spacial score (nSPS) is 11.3. The molecule has 0 amide bonds. The number of benzene rings is 1. The van der Waals surface area contributed by atoms with Gasteiger partial charge in [0.2, 0.25) is 5.95 Å². The molecule has 11 heteroatoms. The number of aliphatic hydroxyl groups excluding tert-OH is 1. The number of methoxy groups -OCH3 is 2. The number of aliphatic imine (C=N–C) groups is 1. The van der Waals surface area contributed by atoms with Crippen LogP contribution in [0.25, 0.3) is 0 Å². The third kappa shape index (κ3) is 7.79. The van der Waals surface area contributed by atoms with Crippen LogP contribution in [0.2, 0.25) is 0 Å². The van der Waals surface area contributed by atoms with Crippen molar-refractivity contribution in [3.05, 3.63) is 34.8 Å². The second kappa shape index (κ2) is 14.3. The molecule has 0 saturated heterocycles. The molecule has 2 aromatic rings. The highest BCUT2D eigenvalue weighted by molar-refractivity contribution is 5.89. The summed E-state index contributed by atoms with van der Waals surface area (Å²) in [4.78, 5) is 14.6. The number of aromatic nitrogens is 2. The van der Waals surface area contributed by atoms with E-state index in [0.29, 0.717) is 61.3 Å². The second-order valence-electron chi connectivity index (χ2n) is 7.67. The number of nitrogens with zero attached hydrogens (tertiary/aromatic N) is 4. The molecule has 0 radical (unpaired) electrons. The first kappa shape index (κ1) is 27.2. The molecule has 188 valence electrons. The van der Waals surface area contributed by atoms with Gasteiger partial charge in [0.1, 0.15) is 22.9 Å². The van der Waals surface area contributed by atoms with Gasteiger partial charge in [-0.05, 0) is 24.1 Å². The minimum Gasteiger partial charge on any atom is -0.496 e. The summed E-state index contributed by atoms with van der Waals surface area (Å²) in [5.41, 5.74) is 13.9. The van der Waals surface area contributed by atoms with Gasteiger partial charge in [0.25, 0.3) is 0 Å². The third-order valence-electron chi connectivity index (χ3n) is 5.13. The highest BCUT2D eigenvalue weighted by Crippen LogP contribution is 2.26. The molecule has 0 unspecified atom stereocenters. The van der Waals surface area contributed by atoms with Crippen molar-refractivity contribution < 1.29 is 19.0 Å². The summed E-state index contributed by atoms with van der Waals surface area (Å²) in [7, 11) is 3.12. The first-order chi connectivity index (χ1) is 16.4. The number of hydrogen-bond acceptors (Lipinski definition) is 10. The number of ether oxygens (including phenoxy) is 2. The molecular formula is C23H36FN7O3. The van der Waals surface area contributed by atoms with Crippen molar-refractivity contribution >= 4 is 23.7 Å². The Morgan fingerprint density at radius 2 is 2.03 bits per heavy atom. The molecule has 0 aliphatic carbocycles. The molecule has 2 rings (SSSR count). The number of rotatable bonds is 15. The number of nitrogens with one attached hydrogen (secondary N) is 1. The lowest BCUT2D eigenvalue weighted by atomic mass is 10.1. The second-order valence-corrected chi connectivity index (χ2v) is 7.67. The van der Waals surface area contributed by atoms with Gasteiger partial charge in [-0.1, -0.05) is 13.3 Å². The molecule has 0 fully saturated rings. The van der Waals surface area contributed by atoms with Crippen molar-refractivity contribution in [1.82, 2.24) is 15.3 Å². The number of unbranched alkanes of at least 4 members (excludes halogenated alkanes) is 1. The van der Waals surface area contributed by atoms with Crippen molar-refractivity contribution in [3.8, 4) is 5.75 Å². The molecule has 0 saturated carbocycles. The van der Waals surface area contributed by atoms with Gasteiger partial charge in [0, 0.05) is 39.5 Å². The maximum Gasteiger partial charge on any atom is 0.222 e. The summed E-state index contributed by atoms with van der Waals surface area (Å²) in [5, 5.41) is 12.6. The van der Waals surface area contributed by atoms with Crippen LogP contribution in [0.1, 0.15) is 36.6 Å². The van der Waals surface area contributed by atoms with Crippen LogP contribution < -0.4 is 26.4 Å². The van der Waals surface area contributed by atoms with Crippen LogP contribution in [0.5, 0.6) is 5.75 Å². The first-order valence-corrected chi connectivity index (χ1v) is 11.3. The fourth-order valence-electron chi connectivity index (χ4n) is 3.36. The molecule has 0 atom stereocenters. The van der Waals surface area contributed by atoms with Gasteiger partial charge in [0.05, 0.1) is 32.4 Å². The summed E-state index contributed by atoms with van der Waals surface area (Å²) in [6.07, 6.45) is 3.34. The number of nitrogens with two attached hydrogens (primary N) is 2. The summed E-state index contributed by atoms with van der Waals surface area (Å²) in [5.74, 6) is 0.486. The zero-order valence-electron chi connectivity index (χ0n) is 20.2. The van der Waals surface area contributed by atoms with Crippen LogP contribution in [-0.4, -0.2) is 68.4 Å². The molecule has 6 N–H and O–H groups in total. The zero-order chi connectivity index (χ0) is 24.9. The van der Waals surface area contributed by atoms with Crippen LogP contribution in [0.3, 0.4) is 0 Å². The van der Waals surface area contributed by atoms with Gasteiger partial charge in [-0.25, -0.2) is 9.37 Å². The molecule has 34 heavy (non-hydrogen) atoms. The number of anilines is 3. The van der Waals surface area contributed by atoms with Gasteiger partial charge < -0.3 is 36.3 Å². The van der Waals surface area contributed by atoms with E-state index in [1.54, 1.807) is 13.2 Å². The van der Waals surface area contributed by atoms with Gasteiger partial charge in [-0.15, -0.1) is 0 Å². The molecular weight excluding hydrogens is 441 g/mol. The fraction of sp³-hybridized carbons (Fsp3) is 0.522. The molecule has 0 spiro atoms. The highest BCUT2D eigenvalue weighted by Gasteiger charge is 2.16. The average molecular weight is 478 g/mol. The standard InChI is InChI=1S/C23H36FN7O3/c1-4-5-7-31(8-9-32)22-21(25)19(29-23(26)30-22)15-28-14-17-18(24)11-16(12-20(17)34-3)13-27-6-10-33-2/h11-12,15,27,32H,4-10,13-14,25H2,1-3H3,(H2,26,29,30). The van der Waals surface area contributed by atoms with E-state index in [-0.39, 0.29) is 19.1 Å². The van der Waals surface area contributed by atoms with E-state index in [1.165, 1.54) is 19.4 Å². The van der Waals surface area contributed by atoms with Gasteiger partial charge in [-0.3, -0.25) is 4.99 Å². The Kier molecular flexibility index (Phi) is 11.4. The van der Waals surface area contributed by atoms with Crippen molar-refractivity contribution in [2.45, 2.75) is 32.9 Å². The topological polar surface area (TPSA) is 144 Å². The Morgan fingerprint density at radius 3 is 2.71 bits per heavy atom. The monoisotopic (exact) mass is 477 g/mol. The summed E-state index contributed by atoms with van der Waals surface area (Å²) < 4.78 is 25.2. The van der Waals surface area contributed by atoms with Crippen molar-refractivity contribution in [2.24, 2.45) is 4.99 Å². The lowest BCUT2D eigenvalue weighted by Gasteiger charge is -2.24. The molecule has 0 aliphatic rings. The molecule has 0 aliphatic heterocycles. The summed E-state index contributed by atoms with van der Waals surface area (Å²) >= 11 is 0. The Morgan fingerprint density at radius 1 is 1.24 bits per heavy atom. The Hall–Kier alpha value is -3.02. The average Bonchev–Trinajstić information content (AvgIpc) is 2.82. The first-order valence-electron chi connectivity index (χ1n) is 11.3. The Bertz CT molecular complexity index is 943. The quantitative estimate of drug-likeness (QED) is 0.223. The van der Waals surface area contributed by atoms with Gasteiger partial charge in [-0.2, -0.15) is 4.98 Å². The summed E-state index contributed by atoms with van der Waals surface area (Å²) in [6.45, 7) is 4.81. The summed E-state index contributed by atoms with van der Waals surface area (Å²) in [6, 6.07) is 3.24. The van der Waals surface area contributed by atoms with Crippen molar-refractivity contribution in [3.63, 3.8) is 0 Å². The van der Waals surface area contributed by atoms with Crippen molar-refractivity contribution in [1.29, 1.82) is 0 Å². The smallest absolute Gasteiger partial charge is 0.222 e. The van der Waals surface area contributed by atoms with E-state index in [1.807, 2.05) is 4.90 Å². The number of halogens is 1. The highest BCUT2D eigenvalue weighted by atomic mass is 19.1. The minimum absolute atomic E-state index is 0.0290. The Labute approximate surface area is 200 Å². The largest absolute Gasteiger partial charge is 0.496 e. The zero-order valence-corrected chi connectivity index (χ0v) is 20.2. The maximum atomic E-state index is 14.8. The Balaban J connectivity index is 2.22. The van der Waals surface area contributed by atoms with Gasteiger partial charge in [0.15, 0.2) is 5.82 Å². The van der Waals surface area contributed by atoms with E-state index >= 15 is 0 Å². The molecule has 1 heterocycles. The number of nitrogen functional groups attached to an aromatic ring is 2. The SMILES string of the molecule is CCCCN(CCO)c1nc(N)nc(C=NCc2c(F)cc(CNCCOC)cc2OC)c1N. The van der Waals surface area contributed by atoms with Crippen molar-refractivity contribution in [2.75, 3.05) is 63.4 Å². The molecule has 1 aromatic heterocycles. The maximum absolute atomic E-state index is 14.8. The predicted octanol–water partition coefficient (Wildman–Crippen LogP) is 1.74. The molecule has 0 bridgehead atoms. The van der Waals surface area contributed by atoms with E-state index in [0.717, 1.165) is 18.4 Å².